The topological polar surface area (TPSA) is 90.9 Å². The molecular formula is C19H16ClFN4O2. The Labute approximate surface area is 159 Å². The van der Waals surface area contributed by atoms with Crippen LogP contribution >= 0.6 is 11.6 Å². The number of carboxylic acid groups (broad SMARTS) is 1. The van der Waals surface area contributed by atoms with Gasteiger partial charge in [0.05, 0.1) is 11.4 Å². The average Bonchev–Trinajstić information content (AvgIpc) is 3.11. The number of benzene rings is 1. The van der Waals surface area contributed by atoms with Crippen molar-refractivity contribution >= 4 is 34.6 Å². The Morgan fingerprint density at radius 2 is 2.15 bits per heavy atom. The van der Waals surface area contributed by atoms with Gasteiger partial charge in [-0.05, 0) is 36.3 Å². The van der Waals surface area contributed by atoms with Gasteiger partial charge in [0, 0.05) is 28.5 Å². The molecular weight excluding hydrogens is 371 g/mol. The molecule has 0 spiro atoms. The number of pyridine rings is 1. The third-order valence-electron chi connectivity index (χ3n) is 4.04. The van der Waals surface area contributed by atoms with E-state index in [-0.39, 0.29) is 16.9 Å². The van der Waals surface area contributed by atoms with Crippen molar-refractivity contribution in [1.29, 1.82) is 0 Å². The maximum atomic E-state index is 14.2. The highest BCUT2D eigenvalue weighted by Gasteiger charge is 2.17. The second-order valence-corrected chi connectivity index (χ2v) is 6.21. The maximum Gasteiger partial charge on any atom is 0.341 e. The summed E-state index contributed by atoms with van der Waals surface area (Å²) in [5.41, 5.74) is 2.55. The molecule has 0 bridgehead atoms. The van der Waals surface area contributed by atoms with Crippen LogP contribution in [0.1, 0.15) is 29.3 Å². The number of nitrogens with one attached hydrogen (secondary N) is 2. The molecule has 2 aromatic heterocycles. The zero-order valence-electron chi connectivity index (χ0n) is 14.4. The molecule has 0 atom stereocenters. The first-order valence-electron chi connectivity index (χ1n) is 8.08. The van der Waals surface area contributed by atoms with Crippen molar-refractivity contribution in [2.75, 3.05) is 5.32 Å². The first-order chi connectivity index (χ1) is 12.9. The summed E-state index contributed by atoms with van der Waals surface area (Å²) in [4.78, 5) is 15.6. The van der Waals surface area contributed by atoms with Crippen LogP contribution in [0.4, 0.5) is 15.9 Å². The first-order valence-corrected chi connectivity index (χ1v) is 8.46. The van der Waals surface area contributed by atoms with E-state index < -0.39 is 11.8 Å². The summed E-state index contributed by atoms with van der Waals surface area (Å²) in [5, 5.41) is 19.1. The van der Waals surface area contributed by atoms with Crippen LogP contribution in [0.25, 0.3) is 16.8 Å². The fourth-order valence-electron chi connectivity index (χ4n) is 2.55. The van der Waals surface area contributed by atoms with E-state index in [4.69, 9.17) is 11.6 Å². The van der Waals surface area contributed by atoms with E-state index in [1.165, 1.54) is 24.4 Å². The number of aromatic amines is 1. The Morgan fingerprint density at radius 1 is 1.37 bits per heavy atom. The molecule has 1 aromatic carbocycles. The number of H-pyrrole nitrogens is 1. The van der Waals surface area contributed by atoms with Gasteiger partial charge in [0.2, 0.25) is 0 Å². The van der Waals surface area contributed by atoms with Crippen LogP contribution in [-0.2, 0) is 0 Å². The van der Waals surface area contributed by atoms with Crippen molar-refractivity contribution in [3.05, 3.63) is 65.2 Å². The number of aromatic carboxylic acids is 1. The molecule has 8 heteroatoms. The molecule has 0 unspecified atom stereocenters. The number of hydrogen-bond donors (Lipinski definition) is 3. The van der Waals surface area contributed by atoms with E-state index in [0.717, 1.165) is 5.57 Å². The molecule has 2 heterocycles. The van der Waals surface area contributed by atoms with Crippen LogP contribution in [0.15, 0.2) is 43.2 Å². The molecule has 0 saturated heterocycles. The number of carboxylic acids is 1. The summed E-state index contributed by atoms with van der Waals surface area (Å²) in [6.45, 7) is 5.94. The SMILES string of the molecule is C=C(CC)c1cnc(-c2cc(Cl)ccc2F)cc1Nc1n[nH]cc1C(=O)O. The van der Waals surface area contributed by atoms with E-state index in [9.17, 15) is 14.3 Å². The summed E-state index contributed by atoms with van der Waals surface area (Å²) in [6.07, 6.45) is 3.50. The molecule has 0 aliphatic rings. The predicted octanol–water partition coefficient (Wildman–Crippen LogP) is 5.13. The second-order valence-electron chi connectivity index (χ2n) is 5.77. The minimum Gasteiger partial charge on any atom is -0.477 e. The third kappa shape index (κ3) is 3.83. The fourth-order valence-corrected chi connectivity index (χ4v) is 2.72. The number of nitrogens with zero attached hydrogens (tertiary/aromatic N) is 2. The zero-order valence-corrected chi connectivity index (χ0v) is 15.1. The van der Waals surface area contributed by atoms with Crippen molar-refractivity contribution in [3.63, 3.8) is 0 Å². The Kier molecular flexibility index (Phi) is 5.23. The van der Waals surface area contributed by atoms with E-state index in [0.29, 0.717) is 28.4 Å². The van der Waals surface area contributed by atoms with Gasteiger partial charge in [-0.25, -0.2) is 9.18 Å². The Balaban J connectivity index is 2.11. The number of allylic oxidation sites excluding steroid dienone is 1. The molecule has 0 radical (unpaired) electrons. The highest BCUT2D eigenvalue weighted by atomic mass is 35.5. The minimum absolute atomic E-state index is 0.0182. The maximum absolute atomic E-state index is 14.2. The smallest absolute Gasteiger partial charge is 0.341 e. The van der Waals surface area contributed by atoms with Gasteiger partial charge in [0.15, 0.2) is 5.82 Å². The number of anilines is 2. The highest BCUT2D eigenvalue weighted by Crippen LogP contribution is 2.33. The van der Waals surface area contributed by atoms with Crippen LogP contribution in [0, 0.1) is 5.82 Å². The number of hydrogen-bond acceptors (Lipinski definition) is 4. The highest BCUT2D eigenvalue weighted by molar-refractivity contribution is 6.30. The van der Waals surface area contributed by atoms with E-state index in [1.54, 1.807) is 12.3 Å². The summed E-state index contributed by atoms with van der Waals surface area (Å²) in [7, 11) is 0. The van der Waals surface area contributed by atoms with Crippen LogP contribution < -0.4 is 5.32 Å². The molecule has 27 heavy (non-hydrogen) atoms. The van der Waals surface area contributed by atoms with Crippen LogP contribution in [-0.4, -0.2) is 26.3 Å². The quantitative estimate of drug-likeness (QED) is 0.546. The largest absolute Gasteiger partial charge is 0.477 e. The van der Waals surface area contributed by atoms with Gasteiger partial charge in [-0.15, -0.1) is 0 Å². The standard InChI is InChI=1S/C19H16ClFN4O2/c1-3-10(2)13-8-22-16(12-6-11(20)4-5-15(12)21)7-17(13)24-18-14(19(26)27)9-23-25-18/h4-9H,2-3H2,1H3,(H,26,27)(H2,22,23,24,25). The third-order valence-corrected chi connectivity index (χ3v) is 4.27. The van der Waals surface area contributed by atoms with Crippen molar-refractivity contribution in [3.8, 4) is 11.3 Å². The van der Waals surface area contributed by atoms with Crippen molar-refractivity contribution in [2.24, 2.45) is 0 Å². The van der Waals surface area contributed by atoms with E-state index in [1.807, 2.05) is 6.92 Å². The van der Waals surface area contributed by atoms with E-state index >= 15 is 0 Å². The first kappa shape index (κ1) is 18.6. The molecule has 0 aliphatic carbocycles. The average molecular weight is 387 g/mol. The lowest BCUT2D eigenvalue weighted by molar-refractivity contribution is 0.0698. The Morgan fingerprint density at radius 3 is 2.85 bits per heavy atom. The van der Waals surface area contributed by atoms with Gasteiger partial charge in [0.25, 0.3) is 0 Å². The fraction of sp³-hybridized carbons (Fsp3) is 0.105. The van der Waals surface area contributed by atoms with Crippen molar-refractivity contribution in [2.45, 2.75) is 13.3 Å². The lowest BCUT2D eigenvalue weighted by atomic mass is 10.0. The molecule has 0 aliphatic heterocycles. The van der Waals surface area contributed by atoms with Gasteiger partial charge in [-0.1, -0.05) is 25.1 Å². The second kappa shape index (κ2) is 7.59. The molecule has 3 aromatic rings. The minimum atomic E-state index is -1.13. The number of carbonyl (C=O) groups is 1. The zero-order chi connectivity index (χ0) is 19.6. The normalized spacial score (nSPS) is 10.6. The van der Waals surface area contributed by atoms with E-state index in [2.05, 4.69) is 27.1 Å². The van der Waals surface area contributed by atoms with Crippen LogP contribution in [0.3, 0.4) is 0 Å². The summed E-state index contributed by atoms with van der Waals surface area (Å²) < 4.78 is 14.2. The van der Waals surface area contributed by atoms with Crippen molar-refractivity contribution < 1.29 is 14.3 Å². The van der Waals surface area contributed by atoms with Gasteiger partial charge in [-0.2, -0.15) is 5.10 Å². The summed E-state index contributed by atoms with van der Waals surface area (Å²) >= 11 is 5.98. The molecule has 0 saturated carbocycles. The van der Waals surface area contributed by atoms with Gasteiger partial charge in [-0.3, -0.25) is 10.1 Å². The van der Waals surface area contributed by atoms with Crippen LogP contribution in [0.2, 0.25) is 5.02 Å². The molecule has 0 amide bonds. The lowest BCUT2D eigenvalue weighted by Crippen LogP contribution is -2.03. The summed E-state index contributed by atoms with van der Waals surface area (Å²) in [5.74, 6) is -1.46. The lowest BCUT2D eigenvalue weighted by Gasteiger charge is -2.14. The van der Waals surface area contributed by atoms with Gasteiger partial charge < -0.3 is 10.4 Å². The molecule has 3 N–H and O–H groups in total. The number of halogens is 2. The Hall–Kier alpha value is -3.19. The monoisotopic (exact) mass is 386 g/mol. The van der Waals surface area contributed by atoms with Crippen LogP contribution in [0.5, 0.6) is 0 Å². The molecule has 3 rings (SSSR count). The predicted molar refractivity (Wildman–Crippen MR) is 103 cm³/mol. The van der Waals surface area contributed by atoms with Gasteiger partial charge in [0.1, 0.15) is 11.4 Å². The van der Waals surface area contributed by atoms with Gasteiger partial charge >= 0.3 is 5.97 Å². The van der Waals surface area contributed by atoms with Crippen molar-refractivity contribution in [1.82, 2.24) is 15.2 Å². The molecule has 6 nitrogen and oxygen atoms in total. The Bertz CT molecular complexity index is 1030. The number of aromatic nitrogens is 3. The number of rotatable bonds is 6. The molecule has 138 valence electrons. The molecule has 0 fully saturated rings. The summed E-state index contributed by atoms with van der Waals surface area (Å²) in [6, 6.07) is 5.82.